The highest BCUT2D eigenvalue weighted by atomic mass is 32.2. The average Bonchev–Trinajstić information content (AvgIpc) is 2.68. The molecule has 6 heteroatoms. The Morgan fingerprint density at radius 1 is 1.12 bits per heavy atom. The molecule has 2 heterocycles. The van der Waals surface area contributed by atoms with E-state index >= 15 is 0 Å². The third kappa shape index (κ3) is 4.52. The average molecular weight is 370 g/mol. The van der Waals surface area contributed by atoms with Crippen molar-refractivity contribution in [1.82, 2.24) is 15.5 Å². The first-order valence-electron chi connectivity index (χ1n) is 10.0. The number of piperidine rings is 1. The molecule has 0 aromatic rings. The number of amides is 1. The van der Waals surface area contributed by atoms with E-state index in [1.807, 2.05) is 0 Å². The van der Waals surface area contributed by atoms with Crippen molar-refractivity contribution in [2.75, 3.05) is 57.9 Å². The van der Waals surface area contributed by atoms with Crippen LogP contribution in [0.3, 0.4) is 0 Å². The Morgan fingerprint density at radius 3 is 2.44 bits per heavy atom. The molecule has 25 heavy (non-hydrogen) atoms. The number of hydrogen-bond acceptors (Lipinski definition) is 5. The van der Waals surface area contributed by atoms with Crippen LogP contribution in [0.15, 0.2) is 0 Å². The second-order valence-electron chi connectivity index (χ2n) is 8.03. The van der Waals surface area contributed by atoms with Crippen molar-refractivity contribution in [1.29, 1.82) is 0 Å². The molecule has 1 aliphatic carbocycles. The van der Waals surface area contributed by atoms with Crippen molar-refractivity contribution in [2.45, 2.75) is 50.5 Å². The van der Waals surface area contributed by atoms with E-state index in [-0.39, 0.29) is 16.9 Å². The number of ether oxygens (including phenoxy) is 1. The Balaban J connectivity index is 1.66. The molecule has 1 saturated carbocycles. The van der Waals surface area contributed by atoms with Gasteiger partial charge in [0.25, 0.3) is 0 Å². The highest BCUT2D eigenvalue weighted by molar-refractivity contribution is 7.99. The largest absolute Gasteiger partial charge is 0.384 e. The van der Waals surface area contributed by atoms with Gasteiger partial charge >= 0.3 is 0 Å². The van der Waals surface area contributed by atoms with Crippen molar-refractivity contribution in [3.63, 3.8) is 0 Å². The first-order chi connectivity index (χ1) is 12.2. The molecule has 0 bridgehead atoms. The number of thioether (sulfide) groups is 1. The minimum atomic E-state index is -0.340. The molecule has 0 aromatic heterocycles. The van der Waals surface area contributed by atoms with Gasteiger partial charge in [-0.15, -0.1) is 0 Å². The first kappa shape index (κ1) is 19.5. The van der Waals surface area contributed by atoms with E-state index in [0.717, 1.165) is 32.5 Å². The van der Waals surface area contributed by atoms with Crippen molar-refractivity contribution < 1.29 is 9.53 Å². The van der Waals surface area contributed by atoms with E-state index in [0.29, 0.717) is 6.61 Å². The highest BCUT2D eigenvalue weighted by Gasteiger charge is 2.43. The molecule has 2 N–H and O–H groups in total. The predicted octanol–water partition coefficient (Wildman–Crippen LogP) is 1.87. The van der Waals surface area contributed by atoms with Crippen molar-refractivity contribution >= 4 is 17.7 Å². The Kier molecular flexibility index (Phi) is 7.06. The molecule has 0 atom stereocenters. The minimum Gasteiger partial charge on any atom is -0.384 e. The van der Waals surface area contributed by atoms with Crippen molar-refractivity contribution in [3.05, 3.63) is 0 Å². The third-order valence-corrected chi connectivity index (χ3v) is 7.45. The lowest BCUT2D eigenvalue weighted by Crippen LogP contribution is -2.60. The predicted molar refractivity (Wildman–Crippen MR) is 104 cm³/mol. The number of nitrogens with zero attached hydrogens (tertiary/aromatic N) is 1. The van der Waals surface area contributed by atoms with Gasteiger partial charge in [0, 0.05) is 43.8 Å². The molecule has 0 aromatic carbocycles. The van der Waals surface area contributed by atoms with Crippen LogP contribution in [-0.4, -0.2) is 74.3 Å². The van der Waals surface area contributed by atoms with E-state index in [9.17, 15) is 4.79 Å². The summed E-state index contributed by atoms with van der Waals surface area (Å²) in [5.74, 6) is 2.68. The van der Waals surface area contributed by atoms with Gasteiger partial charge in [-0.05, 0) is 38.8 Å². The Labute approximate surface area is 157 Å². The molecule has 2 aliphatic heterocycles. The quantitative estimate of drug-likeness (QED) is 0.749. The molecule has 5 nitrogen and oxygen atoms in total. The molecule has 144 valence electrons. The molecule has 0 spiro atoms. The van der Waals surface area contributed by atoms with Gasteiger partial charge in [-0.25, -0.2) is 0 Å². The third-order valence-electron chi connectivity index (χ3n) is 6.51. The molecule has 0 unspecified atom stereocenters. The van der Waals surface area contributed by atoms with Gasteiger partial charge < -0.3 is 15.4 Å². The van der Waals surface area contributed by atoms with Gasteiger partial charge in [0.1, 0.15) is 0 Å². The van der Waals surface area contributed by atoms with Crippen LogP contribution in [0.1, 0.15) is 44.9 Å². The van der Waals surface area contributed by atoms with E-state index in [1.165, 1.54) is 56.7 Å². The van der Waals surface area contributed by atoms with Gasteiger partial charge in [-0.3, -0.25) is 9.69 Å². The molecule has 3 fully saturated rings. The number of carbonyl (C=O) groups excluding carboxylic acids is 1. The van der Waals surface area contributed by atoms with Crippen LogP contribution in [0.2, 0.25) is 0 Å². The van der Waals surface area contributed by atoms with Gasteiger partial charge in [-0.1, -0.05) is 19.3 Å². The van der Waals surface area contributed by atoms with E-state index in [4.69, 9.17) is 4.74 Å². The summed E-state index contributed by atoms with van der Waals surface area (Å²) in [4.78, 5) is 15.8. The van der Waals surface area contributed by atoms with Crippen molar-refractivity contribution in [2.24, 2.45) is 5.41 Å². The topological polar surface area (TPSA) is 53.6 Å². The van der Waals surface area contributed by atoms with Crippen LogP contribution in [0.5, 0.6) is 0 Å². The molecule has 3 aliphatic rings. The van der Waals surface area contributed by atoms with Crippen LogP contribution < -0.4 is 10.6 Å². The zero-order chi connectivity index (χ0) is 17.6. The Hall–Kier alpha value is -0.300. The SMILES string of the molecule is COCC1(C(=O)NCC2(N3CCSCC3)CCCCC2)CCNCC1. The normalized spacial score (nSPS) is 26.9. The van der Waals surface area contributed by atoms with Crippen LogP contribution in [0.25, 0.3) is 0 Å². The van der Waals surface area contributed by atoms with E-state index in [1.54, 1.807) is 7.11 Å². The number of carbonyl (C=O) groups is 1. The maximum atomic E-state index is 13.1. The second kappa shape index (κ2) is 9.07. The van der Waals surface area contributed by atoms with Crippen LogP contribution in [0.4, 0.5) is 0 Å². The summed E-state index contributed by atoms with van der Waals surface area (Å²) in [5, 5.41) is 6.76. The second-order valence-corrected chi connectivity index (χ2v) is 9.26. The summed E-state index contributed by atoms with van der Waals surface area (Å²) in [6, 6.07) is 0. The fraction of sp³-hybridized carbons (Fsp3) is 0.947. The summed E-state index contributed by atoms with van der Waals surface area (Å²) in [6.45, 7) is 5.52. The lowest BCUT2D eigenvalue weighted by atomic mass is 9.77. The van der Waals surface area contributed by atoms with E-state index < -0.39 is 0 Å². The fourth-order valence-electron chi connectivity index (χ4n) is 4.90. The standard InChI is InChI=1S/C19H35N3O2S/c1-24-16-18(7-9-20-10-8-18)17(23)21-15-19(5-3-2-4-6-19)22-11-13-25-14-12-22/h20H,2-16H2,1H3,(H,21,23). The van der Waals surface area contributed by atoms with Gasteiger partial charge in [0.2, 0.25) is 5.91 Å². The van der Waals surface area contributed by atoms with Gasteiger partial charge in [-0.2, -0.15) is 11.8 Å². The Bertz CT molecular complexity index is 423. The minimum absolute atomic E-state index is 0.191. The summed E-state index contributed by atoms with van der Waals surface area (Å²) < 4.78 is 5.44. The maximum Gasteiger partial charge on any atom is 0.228 e. The van der Waals surface area contributed by atoms with Crippen LogP contribution >= 0.6 is 11.8 Å². The summed E-state index contributed by atoms with van der Waals surface area (Å²) >= 11 is 2.06. The number of rotatable bonds is 6. The zero-order valence-corrected chi connectivity index (χ0v) is 16.6. The molecule has 1 amide bonds. The molecular weight excluding hydrogens is 334 g/mol. The van der Waals surface area contributed by atoms with Gasteiger partial charge in [0.15, 0.2) is 0 Å². The summed E-state index contributed by atoms with van der Waals surface area (Å²) in [7, 11) is 1.71. The highest BCUT2D eigenvalue weighted by Crippen LogP contribution is 2.36. The molecule has 0 radical (unpaired) electrons. The smallest absolute Gasteiger partial charge is 0.228 e. The summed E-state index contributed by atoms with van der Waals surface area (Å²) in [5.41, 5.74) is -0.149. The Morgan fingerprint density at radius 2 is 1.80 bits per heavy atom. The zero-order valence-electron chi connectivity index (χ0n) is 15.8. The monoisotopic (exact) mass is 369 g/mol. The number of hydrogen-bond donors (Lipinski definition) is 2. The van der Waals surface area contributed by atoms with Gasteiger partial charge in [0.05, 0.1) is 12.0 Å². The molecule has 2 saturated heterocycles. The lowest BCUT2D eigenvalue weighted by Gasteiger charge is -2.48. The molecule has 3 rings (SSSR count). The lowest BCUT2D eigenvalue weighted by molar-refractivity contribution is -0.137. The number of nitrogens with one attached hydrogen (secondary N) is 2. The molecular formula is C19H35N3O2S. The summed E-state index contributed by atoms with van der Waals surface area (Å²) in [6.07, 6.45) is 8.16. The van der Waals surface area contributed by atoms with Crippen LogP contribution in [-0.2, 0) is 9.53 Å². The fourth-order valence-corrected chi connectivity index (χ4v) is 5.81. The van der Waals surface area contributed by atoms with Crippen LogP contribution in [0, 0.1) is 5.41 Å². The number of methoxy groups -OCH3 is 1. The first-order valence-corrected chi connectivity index (χ1v) is 11.2. The van der Waals surface area contributed by atoms with E-state index in [2.05, 4.69) is 27.3 Å². The van der Waals surface area contributed by atoms with Crippen molar-refractivity contribution in [3.8, 4) is 0 Å². The maximum absolute atomic E-state index is 13.1.